The molecule has 0 spiro atoms. The normalized spacial score (nSPS) is 10.2. The molecule has 31 heavy (non-hydrogen) atoms. The van der Waals surface area contributed by atoms with Crippen LogP contribution in [0.15, 0.2) is 60.9 Å². The summed E-state index contributed by atoms with van der Waals surface area (Å²) in [6.07, 6.45) is 3.39. The molecule has 0 radical (unpaired) electrons. The van der Waals surface area contributed by atoms with Gasteiger partial charge in [-0.05, 0) is 48.9 Å². The van der Waals surface area contributed by atoms with Crippen LogP contribution in [-0.4, -0.2) is 28.0 Å². The SMILES string of the molecule is CC.COc1cc(C)cc2c(Nc3ccccc3C(N)=O)nc(-c3cccnc3)nc12. The minimum Gasteiger partial charge on any atom is -0.494 e. The second-order valence-electron chi connectivity index (χ2n) is 6.54. The van der Waals surface area contributed by atoms with Crippen molar-refractivity contribution in [3.8, 4) is 17.1 Å². The number of pyridine rings is 1. The second kappa shape index (κ2) is 9.67. The second-order valence-corrected chi connectivity index (χ2v) is 6.54. The van der Waals surface area contributed by atoms with Gasteiger partial charge in [-0.2, -0.15) is 0 Å². The molecule has 0 bridgehead atoms. The van der Waals surface area contributed by atoms with Crippen molar-refractivity contribution in [3.05, 3.63) is 72.1 Å². The molecule has 2 aromatic heterocycles. The maximum absolute atomic E-state index is 11.8. The highest BCUT2D eigenvalue weighted by atomic mass is 16.5. The topological polar surface area (TPSA) is 103 Å². The van der Waals surface area contributed by atoms with E-state index >= 15 is 0 Å². The summed E-state index contributed by atoms with van der Waals surface area (Å²) in [5.41, 5.74) is 8.90. The third-order valence-corrected chi connectivity index (χ3v) is 4.50. The number of aromatic nitrogens is 3. The molecule has 0 aliphatic rings. The number of nitrogens with two attached hydrogens (primary N) is 1. The molecule has 0 saturated carbocycles. The Morgan fingerprint density at radius 1 is 1.06 bits per heavy atom. The molecule has 1 amide bonds. The van der Waals surface area contributed by atoms with Gasteiger partial charge in [0.1, 0.15) is 17.1 Å². The van der Waals surface area contributed by atoms with Gasteiger partial charge in [0.05, 0.1) is 18.4 Å². The number of carbonyl (C=O) groups is 1. The number of anilines is 2. The summed E-state index contributed by atoms with van der Waals surface area (Å²) in [5.74, 6) is 1.16. The smallest absolute Gasteiger partial charge is 0.250 e. The molecule has 7 heteroatoms. The lowest BCUT2D eigenvalue weighted by Gasteiger charge is -2.15. The Bertz CT molecular complexity index is 1210. The first-order chi connectivity index (χ1) is 15.1. The Balaban J connectivity index is 0.00000132. The van der Waals surface area contributed by atoms with Gasteiger partial charge in [-0.3, -0.25) is 9.78 Å². The minimum atomic E-state index is -0.521. The number of amides is 1. The van der Waals surface area contributed by atoms with Gasteiger partial charge in [-0.25, -0.2) is 9.97 Å². The molecular formula is C24H25N5O2. The monoisotopic (exact) mass is 415 g/mol. The number of nitrogens with zero attached hydrogens (tertiary/aromatic N) is 3. The van der Waals surface area contributed by atoms with Crippen molar-refractivity contribution >= 4 is 28.3 Å². The lowest BCUT2D eigenvalue weighted by molar-refractivity contribution is 0.100. The number of para-hydroxylation sites is 1. The van der Waals surface area contributed by atoms with Crippen LogP contribution >= 0.6 is 0 Å². The predicted molar refractivity (Wildman–Crippen MR) is 124 cm³/mol. The van der Waals surface area contributed by atoms with E-state index in [9.17, 15) is 4.79 Å². The maximum Gasteiger partial charge on any atom is 0.250 e. The first kappa shape index (κ1) is 21.7. The summed E-state index contributed by atoms with van der Waals surface area (Å²) in [4.78, 5) is 25.4. The number of methoxy groups -OCH3 is 1. The van der Waals surface area contributed by atoms with E-state index in [1.54, 1.807) is 37.7 Å². The molecular weight excluding hydrogens is 390 g/mol. The highest BCUT2D eigenvalue weighted by Crippen LogP contribution is 2.34. The van der Waals surface area contributed by atoms with Crippen molar-refractivity contribution in [2.24, 2.45) is 5.73 Å². The fourth-order valence-corrected chi connectivity index (χ4v) is 3.15. The zero-order chi connectivity index (χ0) is 22.4. The van der Waals surface area contributed by atoms with Crippen molar-refractivity contribution in [1.29, 1.82) is 0 Å². The van der Waals surface area contributed by atoms with Crippen LogP contribution in [-0.2, 0) is 0 Å². The van der Waals surface area contributed by atoms with Crippen LogP contribution in [0, 0.1) is 6.92 Å². The van der Waals surface area contributed by atoms with Crippen LogP contribution in [0.2, 0.25) is 0 Å². The number of carbonyl (C=O) groups excluding carboxylic acids is 1. The lowest BCUT2D eigenvalue weighted by atomic mass is 10.1. The van der Waals surface area contributed by atoms with E-state index in [-0.39, 0.29) is 0 Å². The zero-order valence-corrected chi connectivity index (χ0v) is 18.0. The fourth-order valence-electron chi connectivity index (χ4n) is 3.15. The van der Waals surface area contributed by atoms with E-state index in [1.165, 1.54) is 0 Å². The van der Waals surface area contributed by atoms with Crippen molar-refractivity contribution < 1.29 is 9.53 Å². The first-order valence-corrected chi connectivity index (χ1v) is 9.99. The summed E-state index contributed by atoms with van der Waals surface area (Å²) >= 11 is 0. The number of hydrogen-bond acceptors (Lipinski definition) is 6. The van der Waals surface area contributed by atoms with Gasteiger partial charge < -0.3 is 15.8 Å². The molecule has 4 rings (SSSR count). The minimum absolute atomic E-state index is 0.377. The molecule has 3 N–H and O–H groups in total. The van der Waals surface area contributed by atoms with Crippen molar-refractivity contribution in [2.75, 3.05) is 12.4 Å². The van der Waals surface area contributed by atoms with Gasteiger partial charge in [0.2, 0.25) is 0 Å². The average molecular weight is 415 g/mol. The summed E-state index contributed by atoms with van der Waals surface area (Å²) in [6, 6.07) is 14.6. The van der Waals surface area contributed by atoms with Gasteiger partial charge in [0.15, 0.2) is 5.82 Å². The maximum atomic E-state index is 11.8. The molecule has 2 heterocycles. The van der Waals surface area contributed by atoms with Gasteiger partial charge in [0.25, 0.3) is 5.91 Å². The Hall–Kier alpha value is -4.00. The van der Waals surface area contributed by atoms with Crippen LogP contribution < -0.4 is 15.8 Å². The van der Waals surface area contributed by atoms with Crippen LogP contribution in [0.4, 0.5) is 11.5 Å². The van der Waals surface area contributed by atoms with Crippen LogP contribution in [0.3, 0.4) is 0 Å². The molecule has 0 aliphatic heterocycles. The van der Waals surface area contributed by atoms with Gasteiger partial charge in [-0.15, -0.1) is 0 Å². The number of primary amides is 1. The lowest BCUT2D eigenvalue weighted by Crippen LogP contribution is -2.13. The molecule has 0 aliphatic carbocycles. The molecule has 0 unspecified atom stereocenters. The van der Waals surface area contributed by atoms with E-state index in [1.807, 2.05) is 51.1 Å². The number of aryl methyl sites for hydroxylation is 1. The summed E-state index contributed by atoms with van der Waals surface area (Å²) in [5, 5.41) is 4.03. The Morgan fingerprint density at radius 3 is 2.52 bits per heavy atom. The summed E-state index contributed by atoms with van der Waals surface area (Å²) in [6.45, 7) is 5.97. The van der Waals surface area contributed by atoms with E-state index in [0.717, 1.165) is 16.5 Å². The number of nitrogens with one attached hydrogen (secondary N) is 1. The fraction of sp³-hybridized carbons (Fsp3) is 0.167. The number of rotatable bonds is 5. The van der Waals surface area contributed by atoms with Gasteiger partial charge >= 0.3 is 0 Å². The van der Waals surface area contributed by atoms with Crippen molar-refractivity contribution in [1.82, 2.24) is 15.0 Å². The van der Waals surface area contributed by atoms with Crippen LogP contribution in [0.25, 0.3) is 22.3 Å². The quantitative estimate of drug-likeness (QED) is 0.482. The number of fused-ring (bicyclic) bond motifs is 1. The van der Waals surface area contributed by atoms with E-state index in [4.69, 9.17) is 20.4 Å². The van der Waals surface area contributed by atoms with Crippen LogP contribution in [0.1, 0.15) is 29.8 Å². The predicted octanol–water partition coefficient (Wildman–Crippen LogP) is 4.88. The van der Waals surface area contributed by atoms with E-state index in [2.05, 4.69) is 10.3 Å². The van der Waals surface area contributed by atoms with Crippen molar-refractivity contribution in [2.45, 2.75) is 20.8 Å². The number of hydrogen-bond donors (Lipinski definition) is 2. The molecule has 158 valence electrons. The molecule has 0 atom stereocenters. The average Bonchev–Trinajstić information content (AvgIpc) is 2.81. The molecule has 4 aromatic rings. The Kier molecular flexibility index (Phi) is 6.77. The highest BCUT2D eigenvalue weighted by molar-refractivity contribution is 6.01. The van der Waals surface area contributed by atoms with Crippen molar-refractivity contribution in [3.63, 3.8) is 0 Å². The first-order valence-electron chi connectivity index (χ1n) is 9.99. The summed E-state index contributed by atoms with van der Waals surface area (Å²) in [7, 11) is 1.61. The number of benzene rings is 2. The van der Waals surface area contributed by atoms with Gasteiger partial charge in [0, 0.05) is 23.3 Å². The molecule has 0 saturated heterocycles. The highest BCUT2D eigenvalue weighted by Gasteiger charge is 2.16. The largest absolute Gasteiger partial charge is 0.494 e. The third kappa shape index (κ3) is 4.61. The Labute approximate surface area is 181 Å². The van der Waals surface area contributed by atoms with E-state index in [0.29, 0.717) is 34.2 Å². The molecule has 7 nitrogen and oxygen atoms in total. The van der Waals surface area contributed by atoms with Crippen LogP contribution in [0.5, 0.6) is 5.75 Å². The van der Waals surface area contributed by atoms with Gasteiger partial charge in [-0.1, -0.05) is 26.0 Å². The standard InChI is InChI=1S/C22H19N5O2.C2H6/c1-13-10-16-19(18(11-13)29-2)26-21(14-6-5-9-24-12-14)27-22(16)25-17-8-4-3-7-15(17)20(23)28;1-2/h3-12H,1-2H3,(H2,23,28)(H,25,26,27);1-2H3. The third-order valence-electron chi connectivity index (χ3n) is 4.50. The molecule has 2 aromatic carbocycles. The van der Waals surface area contributed by atoms with E-state index < -0.39 is 5.91 Å². The molecule has 0 fully saturated rings. The zero-order valence-electron chi connectivity index (χ0n) is 18.0. The number of ether oxygens (including phenoxy) is 1. The summed E-state index contributed by atoms with van der Waals surface area (Å²) < 4.78 is 5.56. The Morgan fingerprint density at radius 2 is 1.84 bits per heavy atom.